The van der Waals surface area contributed by atoms with Crippen LogP contribution in [-0.2, 0) is 6.54 Å². The van der Waals surface area contributed by atoms with Gasteiger partial charge >= 0.3 is 0 Å². The molecule has 0 amide bonds. The van der Waals surface area contributed by atoms with Crippen LogP contribution in [0.5, 0.6) is 0 Å². The average molecular weight is 283 g/mol. The minimum absolute atomic E-state index is 0.455. The topological polar surface area (TPSA) is 106 Å². The van der Waals surface area contributed by atoms with E-state index in [1.807, 2.05) is 6.07 Å². The maximum absolute atomic E-state index is 4.35. The molecule has 0 aliphatic rings. The quantitative estimate of drug-likeness (QED) is 0.697. The summed E-state index contributed by atoms with van der Waals surface area (Å²) in [4.78, 5) is 24.9. The molecule has 0 aliphatic carbocycles. The number of aromatic nitrogens is 7. The third kappa shape index (κ3) is 3.08. The van der Waals surface area contributed by atoms with Crippen molar-refractivity contribution in [1.82, 2.24) is 34.5 Å². The Balaban J connectivity index is 1.83. The van der Waals surface area contributed by atoms with Gasteiger partial charge in [-0.2, -0.15) is 15.0 Å². The van der Waals surface area contributed by atoms with Gasteiger partial charge in [0.25, 0.3) is 0 Å². The van der Waals surface area contributed by atoms with Gasteiger partial charge in [0.1, 0.15) is 12.7 Å². The van der Waals surface area contributed by atoms with Crippen LogP contribution in [0, 0.1) is 0 Å². The zero-order chi connectivity index (χ0) is 14.5. The Morgan fingerprint density at radius 3 is 2.71 bits per heavy atom. The van der Waals surface area contributed by atoms with Gasteiger partial charge in [0.15, 0.2) is 0 Å². The number of nitrogens with one attached hydrogen (secondary N) is 2. The van der Waals surface area contributed by atoms with Crippen molar-refractivity contribution in [3.8, 4) is 5.95 Å². The Bertz CT molecular complexity index is 696. The van der Waals surface area contributed by atoms with Gasteiger partial charge in [0, 0.05) is 25.6 Å². The lowest BCUT2D eigenvalue weighted by Crippen LogP contribution is -2.11. The van der Waals surface area contributed by atoms with E-state index in [2.05, 4.69) is 40.5 Å². The summed E-state index contributed by atoms with van der Waals surface area (Å²) in [6.45, 7) is 0.499. The van der Waals surface area contributed by atoms with Crippen molar-refractivity contribution >= 4 is 11.9 Å². The molecule has 9 nitrogen and oxygen atoms in total. The highest BCUT2D eigenvalue weighted by Gasteiger charge is 2.07. The molecular weight excluding hydrogens is 270 g/mol. The second-order valence-corrected chi connectivity index (χ2v) is 4.06. The van der Waals surface area contributed by atoms with E-state index in [0.717, 1.165) is 5.69 Å². The number of imidazole rings is 1. The fraction of sp³-hybridized carbons (Fsp3) is 0.167. The first kappa shape index (κ1) is 12.9. The van der Waals surface area contributed by atoms with E-state index in [-0.39, 0.29) is 0 Å². The highest BCUT2D eigenvalue weighted by atomic mass is 15.3. The first-order chi connectivity index (χ1) is 10.3. The first-order valence-corrected chi connectivity index (χ1v) is 6.26. The summed E-state index contributed by atoms with van der Waals surface area (Å²) in [6.07, 6.45) is 8.25. The maximum Gasteiger partial charge on any atom is 0.241 e. The van der Waals surface area contributed by atoms with E-state index in [1.165, 1.54) is 6.33 Å². The number of hydrogen-bond acceptors (Lipinski definition) is 8. The van der Waals surface area contributed by atoms with Gasteiger partial charge in [-0.05, 0) is 6.07 Å². The predicted octanol–water partition coefficient (Wildman–Crippen LogP) is 0.501. The Morgan fingerprint density at radius 1 is 1.10 bits per heavy atom. The lowest BCUT2D eigenvalue weighted by Gasteiger charge is -2.08. The van der Waals surface area contributed by atoms with Gasteiger partial charge in [0.2, 0.25) is 17.8 Å². The number of rotatable bonds is 5. The smallest absolute Gasteiger partial charge is 0.241 e. The van der Waals surface area contributed by atoms with Gasteiger partial charge in [-0.3, -0.25) is 4.57 Å². The summed E-state index contributed by atoms with van der Waals surface area (Å²) in [6, 6.07) is 1.82. The minimum atomic E-state index is 0.455. The van der Waals surface area contributed by atoms with E-state index in [4.69, 9.17) is 0 Å². The molecule has 0 aliphatic heterocycles. The normalized spacial score (nSPS) is 10.3. The van der Waals surface area contributed by atoms with E-state index < -0.39 is 0 Å². The molecule has 3 heterocycles. The summed E-state index contributed by atoms with van der Waals surface area (Å²) in [5, 5.41) is 6.02. The second kappa shape index (κ2) is 5.90. The Kier molecular flexibility index (Phi) is 3.63. The molecule has 3 rings (SSSR count). The van der Waals surface area contributed by atoms with E-state index in [9.17, 15) is 0 Å². The molecule has 3 aromatic heterocycles. The summed E-state index contributed by atoms with van der Waals surface area (Å²) in [5.74, 6) is 1.41. The van der Waals surface area contributed by atoms with Gasteiger partial charge in [-0.1, -0.05) is 0 Å². The second-order valence-electron chi connectivity index (χ2n) is 4.06. The molecule has 0 bridgehead atoms. The highest BCUT2D eigenvalue weighted by molar-refractivity contribution is 5.37. The molecule has 0 spiro atoms. The summed E-state index contributed by atoms with van der Waals surface area (Å²) >= 11 is 0. The van der Waals surface area contributed by atoms with Crippen LogP contribution in [0.3, 0.4) is 0 Å². The lowest BCUT2D eigenvalue weighted by atomic mass is 10.4. The van der Waals surface area contributed by atoms with Crippen LogP contribution in [0.25, 0.3) is 5.95 Å². The highest BCUT2D eigenvalue weighted by Crippen LogP contribution is 2.09. The van der Waals surface area contributed by atoms with Gasteiger partial charge < -0.3 is 10.6 Å². The van der Waals surface area contributed by atoms with E-state index in [0.29, 0.717) is 24.4 Å². The molecule has 0 atom stereocenters. The Labute approximate surface area is 120 Å². The van der Waals surface area contributed by atoms with Crippen molar-refractivity contribution in [3.05, 3.63) is 43.0 Å². The van der Waals surface area contributed by atoms with Crippen LogP contribution in [0.4, 0.5) is 11.9 Å². The van der Waals surface area contributed by atoms with Gasteiger partial charge in [-0.15, -0.1) is 0 Å². The molecule has 0 unspecified atom stereocenters. The Morgan fingerprint density at radius 2 is 2.00 bits per heavy atom. The summed E-state index contributed by atoms with van der Waals surface area (Å²) in [7, 11) is 1.75. The van der Waals surface area contributed by atoms with Crippen molar-refractivity contribution in [2.75, 3.05) is 17.7 Å². The Hall–Kier alpha value is -3.10. The largest absolute Gasteiger partial charge is 0.357 e. The van der Waals surface area contributed by atoms with Crippen molar-refractivity contribution < 1.29 is 0 Å². The van der Waals surface area contributed by atoms with Crippen LogP contribution >= 0.6 is 0 Å². The SMILES string of the molecule is CNc1nc(NCc2ccncn2)nc(-n2ccnc2)n1. The average Bonchev–Trinajstić information content (AvgIpc) is 3.08. The lowest BCUT2D eigenvalue weighted by molar-refractivity contribution is 0.886. The van der Waals surface area contributed by atoms with E-state index >= 15 is 0 Å². The standard InChI is InChI=1S/C12H13N9/c1-13-10-18-11(16-6-9-2-3-14-7-17-9)20-12(19-10)21-5-4-15-8-21/h2-5,7-8H,6H2,1H3,(H2,13,16,18,19,20). The van der Waals surface area contributed by atoms with Gasteiger partial charge in [0.05, 0.1) is 12.2 Å². The number of nitrogens with zero attached hydrogens (tertiary/aromatic N) is 7. The summed E-state index contributed by atoms with van der Waals surface area (Å²) < 4.78 is 1.71. The molecule has 2 N–H and O–H groups in total. The molecule has 0 aromatic carbocycles. The molecule has 0 saturated heterocycles. The van der Waals surface area contributed by atoms with Crippen LogP contribution in [0.15, 0.2) is 37.3 Å². The zero-order valence-electron chi connectivity index (χ0n) is 11.3. The molecule has 3 aromatic rings. The fourth-order valence-corrected chi connectivity index (χ4v) is 1.64. The third-order valence-corrected chi connectivity index (χ3v) is 2.65. The number of anilines is 2. The molecular formula is C12H13N9. The maximum atomic E-state index is 4.35. The van der Waals surface area contributed by atoms with E-state index in [1.54, 1.807) is 36.5 Å². The van der Waals surface area contributed by atoms with Gasteiger partial charge in [-0.25, -0.2) is 15.0 Å². The zero-order valence-corrected chi connectivity index (χ0v) is 11.3. The van der Waals surface area contributed by atoms with Crippen molar-refractivity contribution in [2.24, 2.45) is 0 Å². The van der Waals surface area contributed by atoms with Crippen molar-refractivity contribution in [1.29, 1.82) is 0 Å². The van der Waals surface area contributed by atoms with Crippen molar-refractivity contribution in [3.63, 3.8) is 0 Å². The first-order valence-electron chi connectivity index (χ1n) is 6.26. The molecule has 21 heavy (non-hydrogen) atoms. The van der Waals surface area contributed by atoms with Crippen molar-refractivity contribution in [2.45, 2.75) is 6.54 Å². The molecule has 106 valence electrons. The van der Waals surface area contributed by atoms with Crippen LogP contribution in [0.1, 0.15) is 5.69 Å². The molecule has 0 radical (unpaired) electrons. The molecule has 0 saturated carbocycles. The van der Waals surface area contributed by atoms with Crippen LogP contribution in [-0.4, -0.2) is 41.5 Å². The minimum Gasteiger partial charge on any atom is -0.357 e. The fourth-order valence-electron chi connectivity index (χ4n) is 1.64. The predicted molar refractivity (Wildman–Crippen MR) is 75.9 cm³/mol. The monoisotopic (exact) mass is 283 g/mol. The number of hydrogen-bond donors (Lipinski definition) is 2. The molecule has 9 heteroatoms. The van der Waals surface area contributed by atoms with Crippen LogP contribution < -0.4 is 10.6 Å². The molecule has 0 fully saturated rings. The third-order valence-electron chi connectivity index (χ3n) is 2.65. The summed E-state index contributed by atoms with van der Waals surface area (Å²) in [5.41, 5.74) is 0.848. The van der Waals surface area contributed by atoms with Crippen LogP contribution in [0.2, 0.25) is 0 Å².